The Hall–Kier alpha value is -0.910. The lowest BCUT2D eigenvalue weighted by molar-refractivity contribution is -0.157. The minimum absolute atomic E-state index is 0.0401. The number of aryl methyl sites for hydroxylation is 1. The molecule has 104 valence electrons. The molecule has 0 unspecified atom stereocenters. The van der Waals surface area contributed by atoms with Gasteiger partial charge in [0.25, 0.3) is 5.91 Å². The Kier molecular flexibility index (Phi) is 3.86. The van der Waals surface area contributed by atoms with Crippen LogP contribution in [0.15, 0.2) is 11.4 Å². The first-order valence-electron chi connectivity index (χ1n) is 6.81. The van der Waals surface area contributed by atoms with Gasteiger partial charge in [0.15, 0.2) is 0 Å². The standard InChI is InChI=1S/C14H19NO3S/c1-9-6-13(19-8-9)14(16)15-10-2-3-11-12(7-10)18-5-4-17-11/h6,8,10-12H,2-5,7H2,1H3,(H,15,16)/t10-,11-,12-/m1/s1. The average Bonchev–Trinajstić information content (AvgIpc) is 2.85. The molecule has 3 atom stereocenters. The molecule has 4 nitrogen and oxygen atoms in total. The summed E-state index contributed by atoms with van der Waals surface area (Å²) >= 11 is 1.50. The van der Waals surface area contributed by atoms with Gasteiger partial charge in [0.05, 0.1) is 30.3 Å². The molecule has 0 spiro atoms. The van der Waals surface area contributed by atoms with E-state index >= 15 is 0 Å². The Balaban J connectivity index is 1.57. The summed E-state index contributed by atoms with van der Waals surface area (Å²) in [7, 11) is 0. The zero-order chi connectivity index (χ0) is 13.2. The van der Waals surface area contributed by atoms with Crippen molar-refractivity contribution in [2.45, 2.75) is 44.4 Å². The number of carbonyl (C=O) groups is 1. The Bertz CT molecular complexity index is 459. The Morgan fingerprint density at radius 1 is 1.32 bits per heavy atom. The molecule has 19 heavy (non-hydrogen) atoms. The number of hydrogen-bond donors (Lipinski definition) is 1. The minimum Gasteiger partial charge on any atom is -0.373 e. The fraction of sp³-hybridized carbons (Fsp3) is 0.643. The monoisotopic (exact) mass is 281 g/mol. The maximum Gasteiger partial charge on any atom is 0.261 e. The molecule has 1 aliphatic carbocycles. The lowest BCUT2D eigenvalue weighted by atomic mass is 9.89. The van der Waals surface area contributed by atoms with Crippen LogP contribution in [0.25, 0.3) is 0 Å². The first kappa shape index (κ1) is 13.1. The van der Waals surface area contributed by atoms with Gasteiger partial charge in [-0.2, -0.15) is 0 Å². The van der Waals surface area contributed by atoms with E-state index in [4.69, 9.17) is 9.47 Å². The maximum atomic E-state index is 12.1. The van der Waals surface area contributed by atoms with Crippen LogP contribution in [0, 0.1) is 6.92 Å². The van der Waals surface area contributed by atoms with Crippen molar-refractivity contribution in [3.8, 4) is 0 Å². The van der Waals surface area contributed by atoms with E-state index in [9.17, 15) is 4.79 Å². The van der Waals surface area contributed by atoms with Crippen LogP contribution in [0.4, 0.5) is 0 Å². The van der Waals surface area contributed by atoms with Crippen molar-refractivity contribution < 1.29 is 14.3 Å². The van der Waals surface area contributed by atoms with Gasteiger partial charge in [-0.1, -0.05) is 0 Å². The molecule has 1 amide bonds. The van der Waals surface area contributed by atoms with Gasteiger partial charge in [-0.15, -0.1) is 11.3 Å². The summed E-state index contributed by atoms with van der Waals surface area (Å²) in [5, 5.41) is 5.12. The van der Waals surface area contributed by atoms with E-state index in [1.54, 1.807) is 0 Å². The van der Waals surface area contributed by atoms with E-state index in [2.05, 4.69) is 5.32 Å². The summed E-state index contributed by atoms with van der Waals surface area (Å²) in [5.41, 5.74) is 1.14. The zero-order valence-electron chi connectivity index (χ0n) is 11.1. The summed E-state index contributed by atoms with van der Waals surface area (Å²) in [5.74, 6) is 0.0401. The SMILES string of the molecule is Cc1csc(C(=O)N[C@@H]2CC[C@H]3OCCO[C@@H]3C2)c1. The summed E-state index contributed by atoms with van der Waals surface area (Å²) in [6.07, 6.45) is 3.18. The number of hydrogen-bond acceptors (Lipinski definition) is 4. The quantitative estimate of drug-likeness (QED) is 0.903. The molecule has 1 aromatic heterocycles. The third kappa shape index (κ3) is 2.99. The lowest BCUT2D eigenvalue weighted by Gasteiger charge is -2.39. The molecular formula is C14H19NO3S. The molecule has 1 N–H and O–H groups in total. The Labute approximate surface area is 117 Å². The van der Waals surface area contributed by atoms with Gasteiger partial charge in [-0.25, -0.2) is 0 Å². The van der Waals surface area contributed by atoms with Crippen LogP contribution in [-0.2, 0) is 9.47 Å². The average molecular weight is 281 g/mol. The topological polar surface area (TPSA) is 47.6 Å². The highest BCUT2D eigenvalue weighted by molar-refractivity contribution is 7.12. The molecule has 1 aromatic rings. The zero-order valence-corrected chi connectivity index (χ0v) is 11.9. The van der Waals surface area contributed by atoms with Gasteiger partial charge in [0, 0.05) is 6.04 Å². The fourth-order valence-electron chi connectivity index (χ4n) is 2.80. The smallest absolute Gasteiger partial charge is 0.261 e. The molecule has 2 aliphatic rings. The molecule has 3 rings (SSSR count). The van der Waals surface area contributed by atoms with Gasteiger partial charge in [0.1, 0.15) is 0 Å². The number of carbonyl (C=O) groups excluding carboxylic acids is 1. The van der Waals surface area contributed by atoms with Gasteiger partial charge in [0.2, 0.25) is 0 Å². The van der Waals surface area contributed by atoms with Gasteiger partial charge >= 0.3 is 0 Å². The highest BCUT2D eigenvalue weighted by Gasteiger charge is 2.34. The first-order chi connectivity index (χ1) is 9.22. The van der Waals surface area contributed by atoms with Crippen molar-refractivity contribution in [3.63, 3.8) is 0 Å². The van der Waals surface area contributed by atoms with E-state index in [1.807, 2.05) is 18.4 Å². The molecular weight excluding hydrogens is 262 g/mol. The lowest BCUT2D eigenvalue weighted by Crippen LogP contribution is -2.49. The largest absolute Gasteiger partial charge is 0.373 e. The molecule has 1 aliphatic heterocycles. The van der Waals surface area contributed by atoms with Crippen LogP contribution in [0.1, 0.15) is 34.5 Å². The number of amides is 1. The predicted octanol–water partition coefficient (Wildman–Crippen LogP) is 2.12. The molecule has 0 aromatic carbocycles. The van der Waals surface area contributed by atoms with Crippen molar-refractivity contribution in [2.24, 2.45) is 0 Å². The van der Waals surface area contributed by atoms with Crippen molar-refractivity contribution in [3.05, 3.63) is 21.9 Å². The van der Waals surface area contributed by atoms with Crippen LogP contribution in [-0.4, -0.2) is 37.4 Å². The van der Waals surface area contributed by atoms with E-state index in [1.165, 1.54) is 11.3 Å². The van der Waals surface area contributed by atoms with Crippen LogP contribution < -0.4 is 5.32 Å². The fourth-order valence-corrected chi connectivity index (χ4v) is 3.61. The molecule has 0 bridgehead atoms. The predicted molar refractivity (Wildman–Crippen MR) is 73.6 cm³/mol. The highest BCUT2D eigenvalue weighted by Crippen LogP contribution is 2.27. The third-order valence-corrected chi connectivity index (χ3v) is 4.81. The number of nitrogens with one attached hydrogen (secondary N) is 1. The van der Waals surface area contributed by atoms with Crippen molar-refractivity contribution >= 4 is 17.2 Å². The highest BCUT2D eigenvalue weighted by atomic mass is 32.1. The first-order valence-corrected chi connectivity index (χ1v) is 7.69. The van der Waals surface area contributed by atoms with Crippen LogP contribution >= 0.6 is 11.3 Å². The third-order valence-electron chi connectivity index (χ3n) is 3.77. The maximum absolute atomic E-state index is 12.1. The van der Waals surface area contributed by atoms with Crippen LogP contribution in [0.2, 0.25) is 0 Å². The molecule has 1 saturated heterocycles. The molecule has 2 heterocycles. The number of rotatable bonds is 2. The Morgan fingerprint density at radius 2 is 2.11 bits per heavy atom. The van der Waals surface area contributed by atoms with E-state index in [0.717, 1.165) is 29.7 Å². The Morgan fingerprint density at radius 3 is 2.84 bits per heavy atom. The van der Waals surface area contributed by atoms with E-state index in [-0.39, 0.29) is 24.2 Å². The second kappa shape index (κ2) is 5.61. The summed E-state index contributed by atoms with van der Waals surface area (Å²) < 4.78 is 11.4. The second-order valence-electron chi connectivity index (χ2n) is 5.29. The molecule has 2 fully saturated rings. The van der Waals surface area contributed by atoms with E-state index < -0.39 is 0 Å². The summed E-state index contributed by atoms with van der Waals surface area (Å²) in [4.78, 5) is 12.9. The van der Waals surface area contributed by atoms with Gasteiger partial charge in [-0.3, -0.25) is 4.79 Å². The van der Waals surface area contributed by atoms with Crippen LogP contribution in [0.5, 0.6) is 0 Å². The molecule has 0 radical (unpaired) electrons. The van der Waals surface area contributed by atoms with Gasteiger partial charge < -0.3 is 14.8 Å². The molecule has 1 saturated carbocycles. The number of thiophene rings is 1. The van der Waals surface area contributed by atoms with E-state index in [0.29, 0.717) is 13.2 Å². The van der Waals surface area contributed by atoms with Crippen molar-refractivity contribution in [2.75, 3.05) is 13.2 Å². The number of ether oxygens (including phenoxy) is 2. The van der Waals surface area contributed by atoms with Crippen LogP contribution in [0.3, 0.4) is 0 Å². The molecule has 5 heteroatoms. The summed E-state index contributed by atoms with van der Waals surface area (Å²) in [6.45, 7) is 3.38. The summed E-state index contributed by atoms with van der Waals surface area (Å²) in [6, 6.07) is 2.14. The minimum atomic E-state index is 0.0401. The normalized spacial score (nSPS) is 30.7. The van der Waals surface area contributed by atoms with Crippen molar-refractivity contribution in [1.29, 1.82) is 0 Å². The van der Waals surface area contributed by atoms with Crippen molar-refractivity contribution in [1.82, 2.24) is 5.32 Å². The van der Waals surface area contributed by atoms with Gasteiger partial charge in [-0.05, 0) is 43.2 Å². The second-order valence-corrected chi connectivity index (χ2v) is 6.20. The number of fused-ring (bicyclic) bond motifs is 1.